The maximum atomic E-state index is 11.1. The number of hydrogen-bond acceptors (Lipinski definition) is 20. The Hall–Kier alpha value is -6.30. The second-order valence-electron chi connectivity index (χ2n) is 28.2. The summed E-state index contributed by atoms with van der Waals surface area (Å²) in [5.41, 5.74) is -6.07. The quantitative estimate of drug-likeness (QED) is 0.0491. The van der Waals surface area contributed by atoms with Gasteiger partial charge in [0.15, 0.2) is 57.5 Å². The van der Waals surface area contributed by atoms with E-state index >= 15 is 0 Å². The average Bonchev–Trinajstić information content (AvgIpc) is 0.819. The molecule has 0 spiro atoms. The maximum Gasteiger partial charge on any atom is 0.161 e. The molecule has 15 rings (SSSR count). The van der Waals surface area contributed by atoms with E-state index in [1.54, 1.807) is 0 Å². The van der Waals surface area contributed by atoms with Gasteiger partial charge in [-0.3, -0.25) is 24.5 Å². The first-order valence-corrected chi connectivity index (χ1v) is 36.5. The molecule has 5 aromatic rings. The first-order valence-electron chi connectivity index (χ1n) is 70.5. The van der Waals surface area contributed by atoms with E-state index in [1.165, 1.54) is 14.2 Å². The highest BCUT2D eigenvalue weighted by Gasteiger charge is 2.45. The molecule has 10 heterocycles. The minimum atomic E-state index is -3.20. The summed E-state index contributed by atoms with van der Waals surface area (Å²) in [6.45, 7) is -24.5. The molecule has 19 atom stereocenters. The molecule has 10 aliphatic rings. The van der Waals surface area contributed by atoms with E-state index in [-0.39, 0.29) is 41.9 Å². The molecule has 0 amide bonds. The molecule has 0 aromatic heterocycles. The zero-order valence-electron chi connectivity index (χ0n) is 134. The summed E-state index contributed by atoms with van der Waals surface area (Å²) in [7, 11) is -1.56. The van der Waals surface area contributed by atoms with E-state index in [1.807, 2.05) is 13.8 Å². The largest absolute Gasteiger partial charge is 0.493 e. The van der Waals surface area contributed by atoms with Crippen molar-refractivity contribution >= 4 is 0 Å². The van der Waals surface area contributed by atoms with Crippen LogP contribution in [0, 0.1) is 59.1 Å². The molecular weight excluding hydrogens is 1450 g/mol. The lowest BCUT2D eigenvalue weighted by Gasteiger charge is -2.46. The van der Waals surface area contributed by atoms with Crippen LogP contribution in [-0.2, 0) is 31.9 Å². The van der Waals surface area contributed by atoms with Crippen molar-refractivity contribution in [2.24, 2.45) is 59.1 Å². The number of ether oxygens (including phenoxy) is 10. The fraction of sp³-hybridized carbons (Fsp3) is 0.684. The van der Waals surface area contributed by atoms with Crippen LogP contribution in [-0.4, -0.2) is 217 Å². The summed E-state index contributed by atoms with van der Waals surface area (Å²) in [6.07, 6.45) is -38.6. The molecule has 20 heteroatoms. The highest BCUT2D eigenvalue weighted by Crippen LogP contribution is 2.50. The third kappa shape index (κ3) is 21.1. The molecule has 5 N–H and O–H groups in total. The van der Waals surface area contributed by atoms with E-state index in [2.05, 4.69) is 0 Å². The first kappa shape index (κ1) is 36.2. The average molecular weight is 1670 g/mol. The van der Waals surface area contributed by atoms with Crippen LogP contribution in [0.4, 0.5) is 0 Å². The van der Waals surface area contributed by atoms with Crippen molar-refractivity contribution in [1.82, 2.24) is 24.5 Å². The molecule has 0 saturated carbocycles. The molecule has 5 saturated heterocycles. The predicted octanol–water partition coefficient (Wildman–Crippen LogP) is 15.1. The van der Waals surface area contributed by atoms with Crippen molar-refractivity contribution < 1.29 is 166 Å². The van der Waals surface area contributed by atoms with Crippen molar-refractivity contribution in [3.63, 3.8) is 0 Å². The highest BCUT2D eigenvalue weighted by molar-refractivity contribution is 5.54. The predicted molar refractivity (Wildman–Crippen MR) is 456 cm³/mol. The first-order chi connectivity index (χ1) is 81.5. The van der Waals surface area contributed by atoms with Crippen LogP contribution in [0.25, 0.3) is 0 Å². The molecule has 20 nitrogen and oxygen atoms in total. The number of benzene rings is 5. The summed E-state index contributed by atoms with van der Waals surface area (Å²) >= 11 is 0. The van der Waals surface area contributed by atoms with Crippen LogP contribution in [0.1, 0.15) is 312 Å². The van der Waals surface area contributed by atoms with Crippen molar-refractivity contribution in [2.45, 2.75) is 225 Å². The Morgan fingerprint density at radius 1 is 0.339 bits per heavy atom. The van der Waals surface area contributed by atoms with E-state index < -0.39 is 455 Å². The Labute approximate surface area is 785 Å². The van der Waals surface area contributed by atoms with Gasteiger partial charge in [0.25, 0.3) is 0 Å². The molecule has 5 fully saturated rings. The van der Waals surface area contributed by atoms with E-state index in [4.69, 9.17) is 134 Å². The van der Waals surface area contributed by atoms with Gasteiger partial charge < -0.3 is 72.9 Å². The topological polar surface area (TPSA) is 210 Å². The Morgan fingerprint density at radius 3 is 0.722 bits per heavy atom. The van der Waals surface area contributed by atoms with Gasteiger partial charge in [-0.25, -0.2) is 0 Å². The Kier molecular flexibility index (Phi) is 12.8. The molecule has 0 radical (unpaired) electrons. The van der Waals surface area contributed by atoms with Gasteiger partial charge in [-0.2, -0.15) is 0 Å². The van der Waals surface area contributed by atoms with Gasteiger partial charge in [0.1, 0.15) is 0 Å². The van der Waals surface area contributed by atoms with Crippen LogP contribution >= 0.6 is 0 Å². The summed E-state index contributed by atoms with van der Waals surface area (Å²) in [4.78, 5) is 3.34. The SMILES string of the molecule is [2H]c1c(OC([2H])([2H])[2H])c(OC)c([2H])c2c1C1([2H])CC(O)C(C([2H])([2H])C([2H])(C)C([2H])([2H])[2H])CN1C([2H])([2H])C2([2H])[2H].[2H]c1c(OC([2H])([2H])[2H])c(OC)c([2H])c2c1C1([2H])CC(O)C(C([2H])([2H])C([2H])(C)C([2H])([2H])[2H])CN1C([2H])([2H])C2([2H])[2H].[2H]c1c(OC([2H])([2H])[2H])c(OC)c([2H])c2c1C1([2H])CC(O)C(CC(C)C)CN1C([2H])([2H])C2([2H])[2H].[2H]c1c(OC)c(OC)c([2H])c2c1C1([2H])CC(O)C(C([2H])([2H])C([2H])(C)C([2H])([2H])[2H])CN1C([2H])([2H])C2([2H])[2H].[2H]c1c(OC)c(OC)c([2H])c2c1C1([2H])CC(O)C(C([2H])([2H])C([2H])(C)C([2H])([2H])[2H])CN1C([2H])([2H])C2([2H])[2H]. The van der Waals surface area contributed by atoms with Crippen LogP contribution in [0.3, 0.4) is 0 Å². The maximum absolute atomic E-state index is 11.1. The number of fused-ring (bicyclic) bond motifs is 15. The number of hydrogen-bond donors (Lipinski definition) is 5. The molecule has 0 bridgehead atoms. The van der Waals surface area contributed by atoms with Gasteiger partial charge >= 0.3 is 0 Å². The van der Waals surface area contributed by atoms with E-state index in [9.17, 15) is 32.4 Å². The molecule has 19 unspecified atom stereocenters. The van der Waals surface area contributed by atoms with Crippen LogP contribution in [0.2, 0.25) is 0 Å². The minimum Gasteiger partial charge on any atom is -0.493 e. The number of nitrogens with zero attached hydrogens (tertiary/aromatic N) is 5. The van der Waals surface area contributed by atoms with E-state index in [0.717, 1.165) is 68.1 Å². The fourth-order valence-electron chi connectivity index (χ4n) is 14.4. The molecular formula is C95H145N5O15. The number of aliphatic hydroxyl groups excluding tert-OH is 5. The normalized spacial score (nSPS) is 47.0. The van der Waals surface area contributed by atoms with Gasteiger partial charge in [-0.15, -0.1) is 0 Å². The number of piperidine rings is 5. The molecule has 0 aliphatic carbocycles. The molecule has 5 aromatic carbocycles. The number of methoxy groups -OCH3 is 10. The van der Waals surface area contributed by atoms with Gasteiger partial charge in [-0.1, -0.05) is 68.9 Å². The number of aliphatic hydroxyl groups is 5. The second kappa shape index (κ2) is 40.6. The third-order valence-electron chi connectivity index (χ3n) is 19.8. The summed E-state index contributed by atoms with van der Waals surface area (Å²) in [5, 5.41) is 55.0. The van der Waals surface area contributed by atoms with Crippen molar-refractivity contribution in [3.05, 3.63) is 116 Å². The molecule has 640 valence electrons. The van der Waals surface area contributed by atoms with Crippen molar-refractivity contribution in [2.75, 3.05) is 136 Å². The van der Waals surface area contributed by atoms with Crippen molar-refractivity contribution in [3.8, 4) is 57.5 Å². The molecule has 115 heavy (non-hydrogen) atoms. The number of rotatable bonds is 20. The monoisotopic (exact) mass is 1660 g/mol. The van der Waals surface area contributed by atoms with Crippen LogP contribution in [0.15, 0.2) is 60.4 Å². The lowest BCUT2D eigenvalue weighted by atomic mass is 9.79. The van der Waals surface area contributed by atoms with Crippen LogP contribution in [0.5, 0.6) is 57.5 Å². The third-order valence-corrected chi connectivity index (χ3v) is 19.8. The van der Waals surface area contributed by atoms with E-state index in [0.29, 0.717) is 26.0 Å². The van der Waals surface area contributed by atoms with Gasteiger partial charge in [-0.05, 0) is 271 Å². The zero-order chi connectivity index (χ0) is 142. The second-order valence-corrected chi connectivity index (χ2v) is 28.2. The van der Waals surface area contributed by atoms with Gasteiger partial charge in [0.2, 0.25) is 0 Å². The Bertz CT molecular complexity index is 6940. The smallest absolute Gasteiger partial charge is 0.161 e. The zero-order valence-corrected chi connectivity index (χ0v) is 65.7. The Balaban J connectivity index is 0.000000212. The lowest BCUT2D eigenvalue weighted by Crippen LogP contribution is -2.48. The lowest BCUT2D eigenvalue weighted by molar-refractivity contribution is -0.0192. The van der Waals surface area contributed by atoms with Gasteiger partial charge in [0, 0.05) is 156 Å². The summed E-state index contributed by atoms with van der Waals surface area (Å²) in [6, 6.07) is -19.3. The minimum absolute atomic E-state index is 0.150. The molecule has 10 aliphatic heterocycles. The Morgan fingerprint density at radius 2 is 0.530 bits per heavy atom. The summed E-state index contributed by atoms with van der Waals surface area (Å²) in [5.74, 6) is -23.8. The van der Waals surface area contributed by atoms with Crippen LogP contribution < -0.4 is 47.4 Å². The van der Waals surface area contributed by atoms with Crippen molar-refractivity contribution in [1.29, 1.82) is 0 Å². The highest BCUT2D eigenvalue weighted by atomic mass is 16.5. The standard InChI is InChI=1S/5C19H29NO3/c5*1-12(2)7-14-11-20-6-5-13-8-18(22-3)19(23-4)9-15(13)16(20)10-17(14)21/h5*8-9,12,14,16-17,21H,5-7,10-11H2,1-4H3/i2*1D3,4D3,5D2,6D2,7D2,8D,9D,12D,16D;2*1D3,5D2,6D2,7D2,8D,9D,12D,16D;4D3,5D2,6D2,8D,9D,16D. The van der Waals surface area contributed by atoms with Gasteiger partial charge in [0.05, 0.1) is 134 Å². The summed E-state index contributed by atoms with van der Waals surface area (Å²) < 4.78 is 615. The fourth-order valence-corrected chi connectivity index (χ4v) is 14.4.